The van der Waals surface area contributed by atoms with Gasteiger partial charge in [0.05, 0.1) is 0 Å². The smallest absolute Gasteiger partial charge is 0.336 e. The van der Waals surface area contributed by atoms with Crippen LogP contribution < -0.4 is 5.76 Å². The van der Waals surface area contributed by atoms with Crippen LogP contribution >= 0.6 is 0 Å². The second kappa shape index (κ2) is 5.68. The highest BCUT2D eigenvalue weighted by Gasteiger charge is 2.27. The molecule has 0 N–H and O–H groups in total. The summed E-state index contributed by atoms with van der Waals surface area (Å²) in [7, 11) is 0. The Kier molecular flexibility index (Phi) is 3.83. The SMILES string of the molecule is CC(C)(C)c1noc(=O)n1CC(=O)N1CCc2ccccc2C1. The van der Waals surface area contributed by atoms with Crippen molar-refractivity contribution in [1.29, 1.82) is 0 Å². The minimum atomic E-state index is -0.583. The number of amides is 1. The normalized spacial score (nSPS) is 14.7. The van der Waals surface area contributed by atoms with Crippen LogP contribution in [0, 0.1) is 0 Å². The van der Waals surface area contributed by atoms with E-state index in [-0.39, 0.29) is 17.9 Å². The van der Waals surface area contributed by atoms with E-state index < -0.39 is 5.76 Å². The maximum Gasteiger partial charge on any atom is 0.442 e. The predicted molar refractivity (Wildman–Crippen MR) is 85.0 cm³/mol. The fraction of sp³-hybridized carbons (Fsp3) is 0.471. The molecule has 1 aliphatic rings. The van der Waals surface area contributed by atoms with Gasteiger partial charge in [0, 0.05) is 18.5 Å². The zero-order valence-electron chi connectivity index (χ0n) is 13.7. The first-order chi connectivity index (χ1) is 10.9. The Balaban J connectivity index is 1.79. The van der Waals surface area contributed by atoms with Crippen LogP contribution in [-0.4, -0.2) is 27.1 Å². The molecule has 6 heteroatoms. The molecule has 3 rings (SSSR count). The maximum atomic E-state index is 12.6. The van der Waals surface area contributed by atoms with Gasteiger partial charge in [-0.3, -0.25) is 13.9 Å². The van der Waals surface area contributed by atoms with E-state index in [0.29, 0.717) is 18.9 Å². The molecule has 0 saturated heterocycles. The molecule has 0 saturated carbocycles. The van der Waals surface area contributed by atoms with E-state index in [1.807, 2.05) is 39.0 Å². The summed E-state index contributed by atoms with van der Waals surface area (Å²) in [5.41, 5.74) is 2.09. The number of hydrogen-bond acceptors (Lipinski definition) is 4. The van der Waals surface area contributed by atoms with Crippen molar-refractivity contribution in [1.82, 2.24) is 14.6 Å². The van der Waals surface area contributed by atoms with E-state index in [9.17, 15) is 9.59 Å². The highest BCUT2D eigenvalue weighted by Crippen LogP contribution is 2.21. The van der Waals surface area contributed by atoms with Gasteiger partial charge in [-0.15, -0.1) is 0 Å². The van der Waals surface area contributed by atoms with Crippen molar-refractivity contribution in [3.05, 3.63) is 51.8 Å². The first kappa shape index (κ1) is 15.5. The topological polar surface area (TPSA) is 68.3 Å². The maximum absolute atomic E-state index is 12.6. The van der Waals surface area contributed by atoms with Gasteiger partial charge in [0.2, 0.25) is 5.91 Å². The van der Waals surface area contributed by atoms with Gasteiger partial charge in [-0.25, -0.2) is 4.79 Å². The summed E-state index contributed by atoms with van der Waals surface area (Å²) in [6.45, 7) is 7.02. The molecule has 1 amide bonds. The summed E-state index contributed by atoms with van der Waals surface area (Å²) in [5, 5.41) is 3.83. The van der Waals surface area contributed by atoms with Gasteiger partial charge < -0.3 is 4.90 Å². The third-order valence-corrected chi connectivity index (χ3v) is 4.13. The van der Waals surface area contributed by atoms with Crippen LogP contribution in [-0.2, 0) is 29.7 Å². The standard InChI is InChI=1S/C17H21N3O3/c1-17(2,3)15-18-23-16(22)20(15)11-14(21)19-9-8-12-6-4-5-7-13(12)10-19/h4-7H,8-11H2,1-3H3. The van der Waals surface area contributed by atoms with Gasteiger partial charge >= 0.3 is 5.76 Å². The molecule has 0 radical (unpaired) electrons. The van der Waals surface area contributed by atoms with Crippen LogP contribution in [0.25, 0.3) is 0 Å². The van der Waals surface area contributed by atoms with Gasteiger partial charge in [-0.2, -0.15) is 0 Å². The van der Waals surface area contributed by atoms with Crippen molar-refractivity contribution >= 4 is 5.91 Å². The van der Waals surface area contributed by atoms with E-state index in [1.165, 1.54) is 15.7 Å². The monoisotopic (exact) mass is 315 g/mol. The van der Waals surface area contributed by atoms with Crippen LogP contribution in [0.4, 0.5) is 0 Å². The van der Waals surface area contributed by atoms with Crippen molar-refractivity contribution in [3.8, 4) is 0 Å². The van der Waals surface area contributed by atoms with Crippen LogP contribution in [0.1, 0.15) is 37.7 Å². The molecule has 23 heavy (non-hydrogen) atoms. The Bertz CT molecular complexity index is 783. The van der Waals surface area contributed by atoms with E-state index in [0.717, 1.165) is 6.42 Å². The molecular weight excluding hydrogens is 294 g/mol. The molecule has 6 nitrogen and oxygen atoms in total. The fourth-order valence-corrected chi connectivity index (χ4v) is 2.89. The van der Waals surface area contributed by atoms with E-state index in [1.54, 1.807) is 4.90 Å². The van der Waals surface area contributed by atoms with Gasteiger partial charge in [0.15, 0.2) is 5.82 Å². The summed E-state index contributed by atoms with van der Waals surface area (Å²) < 4.78 is 6.09. The minimum Gasteiger partial charge on any atom is -0.336 e. The number of carbonyl (C=O) groups is 1. The molecule has 2 aromatic rings. The first-order valence-electron chi connectivity index (χ1n) is 7.78. The lowest BCUT2D eigenvalue weighted by molar-refractivity contribution is -0.132. The Morgan fingerprint density at radius 2 is 1.96 bits per heavy atom. The molecule has 0 spiro atoms. The Hall–Kier alpha value is -2.37. The van der Waals surface area contributed by atoms with Gasteiger partial charge in [0.25, 0.3) is 0 Å². The Morgan fingerprint density at radius 3 is 2.65 bits per heavy atom. The third kappa shape index (κ3) is 3.06. The van der Waals surface area contributed by atoms with E-state index >= 15 is 0 Å². The summed E-state index contributed by atoms with van der Waals surface area (Å²) in [5.74, 6) is -0.177. The van der Waals surface area contributed by atoms with Crippen molar-refractivity contribution in [3.63, 3.8) is 0 Å². The van der Waals surface area contributed by atoms with Gasteiger partial charge in [0.1, 0.15) is 6.54 Å². The van der Waals surface area contributed by atoms with Crippen molar-refractivity contribution < 1.29 is 9.32 Å². The number of aromatic nitrogens is 2. The van der Waals surface area contributed by atoms with E-state index in [2.05, 4.69) is 11.2 Å². The van der Waals surface area contributed by atoms with Crippen LogP contribution in [0.2, 0.25) is 0 Å². The molecule has 0 fully saturated rings. The highest BCUT2D eigenvalue weighted by molar-refractivity contribution is 5.76. The summed E-state index contributed by atoms with van der Waals surface area (Å²) in [4.78, 5) is 26.3. The lowest BCUT2D eigenvalue weighted by Crippen LogP contribution is -2.40. The third-order valence-electron chi connectivity index (χ3n) is 4.13. The van der Waals surface area contributed by atoms with Gasteiger partial charge in [-0.1, -0.05) is 50.2 Å². The number of carbonyl (C=O) groups excluding carboxylic acids is 1. The second-order valence-corrected chi connectivity index (χ2v) is 6.94. The highest BCUT2D eigenvalue weighted by atomic mass is 16.5. The molecule has 0 unspecified atom stereocenters. The number of fused-ring (bicyclic) bond motifs is 1. The van der Waals surface area contributed by atoms with Crippen LogP contribution in [0.3, 0.4) is 0 Å². The van der Waals surface area contributed by atoms with Crippen molar-refractivity contribution in [2.75, 3.05) is 6.54 Å². The van der Waals surface area contributed by atoms with Gasteiger partial charge in [-0.05, 0) is 17.5 Å². The Labute approximate surface area is 134 Å². The van der Waals surface area contributed by atoms with Crippen molar-refractivity contribution in [2.24, 2.45) is 0 Å². The summed E-state index contributed by atoms with van der Waals surface area (Å²) in [6, 6.07) is 8.14. The summed E-state index contributed by atoms with van der Waals surface area (Å²) in [6.07, 6.45) is 0.840. The number of nitrogens with zero attached hydrogens (tertiary/aromatic N) is 3. The fourth-order valence-electron chi connectivity index (χ4n) is 2.89. The Morgan fingerprint density at radius 1 is 1.26 bits per heavy atom. The molecule has 0 atom stereocenters. The molecular formula is C17H21N3O3. The number of rotatable bonds is 2. The largest absolute Gasteiger partial charge is 0.442 e. The molecule has 122 valence electrons. The first-order valence-corrected chi connectivity index (χ1v) is 7.78. The zero-order chi connectivity index (χ0) is 16.6. The van der Waals surface area contributed by atoms with Crippen LogP contribution in [0.15, 0.2) is 33.6 Å². The lowest BCUT2D eigenvalue weighted by atomic mass is 9.95. The lowest BCUT2D eigenvalue weighted by Gasteiger charge is -2.29. The average Bonchev–Trinajstić information content (AvgIpc) is 2.88. The molecule has 0 bridgehead atoms. The van der Waals surface area contributed by atoms with E-state index in [4.69, 9.17) is 4.52 Å². The minimum absolute atomic E-state index is 0.0307. The average molecular weight is 315 g/mol. The number of benzene rings is 1. The molecule has 1 aromatic carbocycles. The van der Waals surface area contributed by atoms with Crippen molar-refractivity contribution in [2.45, 2.75) is 45.7 Å². The summed E-state index contributed by atoms with van der Waals surface area (Å²) >= 11 is 0. The molecule has 1 aliphatic heterocycles. The molecule has 2 heterocycles. The number of hydrogen-bond donors (Lipinski definition) is 0. The second-order valence-electron chi connectivity index (χ2n) is 6.94. The molecule has 1 aromatic heterocycles. The predicted octanol–water partition coefficient (Wildman–Crippen LogP) is 1.72. The zero-order valence-corrected chi connectivity index (χ0v) is 13.7. The van der Waals surface area contributed by atoms with Crippen LogP contribution in [0.5, 0.6) is 0 Å². The quantitative estimate of drug-likeness (QED) is 0.846. The molecule has 0 aliphatic carbocycles.